The molecule has 1 aromatic heterocycles. The molecule has 0 fully saturated rings. The van der Waals surface area contributed by atoms with Gasteiger partial charge in [-0.15, -0.1) is 0 Å². The number of hydrogen-bond donors (Lipinski definition) is 1. The lowest BCUT2D eigenvalue weighted by molar-refractivity contribution is -0.129. The third kappa shape index (κ3) is 3.39. The van der Waals surface area contributed by atoms with E-state index in [4.69, 9.17) is 0 Å². The second-order valence-corrected chi connectivity index (χ2v) is 7.34. The van der Waals surface area contributed by atoms with Crippen LogP contribution in [0.3, 0.4) is 0 Å². The average Bonchev–Trinajstić information content (AvgIpc) is 2.67. The van der Waals surface area contributed by atoms with Crippen molar-refractivity contribution in [3.8, 4) is 0 Å². The highest BCUT2D eigenvalue weighted by atomic mass is 16.2. The van der Waals surface area contributed by atoms with Crippen LogP contribution in [0.2, 0.25) is 0 Å². The van der Waals surface area contributed by atoms with E-state index in [1.54, 1.807) is 24.2 Å². The first kappa shape index (κ1) is 17.5. The van der Waals surface area contributed by atoms with Gasteiger partial charge in [0.05, 0.1) is 5.56 Å². The fourth-order valence-electron chi connectivity index (χ4n) is 4.02. The molecule has 6 nitrogen and oxygen atoms in total. The van der Waals surface area contributed by atoms with Crippen LogP contribution < -0.4 is 10.2 Å². The normalized spacial score (nSPS) is 15.8. The second kappa shape index (κ2) is 7.02. The Bertz CT molecular complexity index is 909. The van der Waals surface area contributed by atoms with Gasteiger partial charge in [0.2, 0.25) is 5.91 Å². The lowest BCUT2D eigenvalue weighted by Crippen LogP contribution is -2.35. The van der Waals surface area contributed by atoms with Crippen LogP contribution in [0.4, 0.5) is 11.4 Å². The molecule has 1 N–H and O–H groups in total. The van der Waals surface area contributed by atoms with E-state index in [0.717, 1.165) is 36.2 Å². The van der Waals surface area contributed by atoms with Crippen molar-refractivity contribution in [2.75, 3.05) is 30.4 Å². The molecule has 4 rings (SSSR count). The molecular weight excluding hydrogens is 340 g/mol. The molecule has 2 aliphatic heterocycles. The summed E-state index contributed by atoms with van der Waals surface area (Å²) >= 11 is 0. The summed E-state index contributed by atoms with van der Waals surface area (Å²) in [5, 5.41) is 3.03. The monoisotopic (exact) mass is 364 g/mol. The number of fused-ring (bicyclic) bond motifs is 2. The number of hydrogen-bond acceptors (Lipinski definition) is 4. The lowest BCUT2D eigenvalue weighted by Gasteiger charge is -2.29. The Morgan fingerprint density at radius 3 is 2.78 bits per heavy atom. The molecule has 140 valence electrons. The molecule has 0 saturated heterocycles. The van der Waals surface area contributed by atoms with Gasteiger partial charge in [-0.2, -0.15) is 0 Å². The predicted octanol–water partition coefficient (Wildman–Crippen LogP) is 2.62. The number of aryl methyl sites for hydroxylation is 1. The standard InChI is InChI=1S/C21H24N4O2/c1-14(26)25-9-7-18-16(13-25)11-22-12-19(18)21(27)23-17-5-6-20-15(10-17)4-3-8-24(20)2/h5-6,10-12H,3-4,7-9,13H2,1-2H3,(H,23,27). The maximum Gasteiger partial charge on any atom is 0.257 e. The number of aromatic nitrogens is 1. The van der Waals surface area contributed by atoms with Crippen molar-refractivity contribution in [1.82, 2.24) is 9.88 Å². The van der Waals surface area contributed by atoms with Crippen molar-refractivity contribution < 1.29 is 9.59 Å². The molecule has 0 bridgehead atoms. The number of pyridine rings is 1. The van der Waals surface area contributed by atoms with Crippen LogP contribution in [0.5, 0.6) is 0 Å². The van der Waals surface area contributed by atoms with Crippen molar-refractivity contribution in [3.05, 3.63) is 52.8 Å². The van der Waals surface area contributed by atoms with E-state index in [-0.39, 0.29) is 11.8 Å². The van der Waals surface area contributed by atoms with Gasteiger partial charge < -0.3 is 15.1 Å². The largest absolute Gasteiger partial charge is 0.374 e. The van der Waals surface area contributed by atoms with Crippen LogP contribution in [0.15, 0.2) is 30.6 Å². The molecule has 1 aromatic carbocycles. The highest BCUT2D eigenvalue weighted by Gasteiger charge is 2.23. The maximum absolute atomic E-state index is 12.9. The number of benzene rings is 1. The molecule has 2 amide bonds. The molecule has 0 unspecified atom stereocenters. The maximum atomic E-state index is 12.9. The minimum absolute atomic E-state index is 0.0505. The summed E-state index contributed by atoms with van der Waals surface area (Å²) in [6, 6.07) is 6.11. The molecule has 0 spiro atoms. The molecule has 2 aromatic rings. The van der Waals surface area contributed by atoms with Gasteiger partial charge in [0.15, 0.2) is 0 Å². The first-order valence-corrected chi connectivity index (χ1v) is 9.39. The molecule has 0 aliphatic carbocycles. The minimum Gasteiger partial charge on any atom is -0.374 e. The number of carbonyl (C=O) groups excluding carboxylic acids is 2. The molecule has 0 saturated carbocycles. The van der Waals surface area contributed by atoms with E-state index in [9.17, 15) is 9.59 Å². The summed E-state index contributed by atoms with van der Waals surface area (Å²) in [7, 11) is 2.10. The summed E-state index contributed by atoms with van der Waals surface area (Å²) in [6.07, 6.45) is 6.23. The SMILES string of the molecule is CC(=O)N1CCc2c(cncc2C(=O)Nc2ccc3c(c2)CCCN3C)C1. The van der Waals surface area contributed by atoms with Gasteiger partial charge in [-0.05, 0) is 54.2 Å². The Morgan fingerprint density at radius 2 is 1.96 bits per heavy atom. The summed E-state index contributed by atoms with van der Waals surface area (Å²) in [5.74, 6) is -0.0886. The number of anilines is 2. The predicted molar refractivity (Wildman–Crippen MR) is 105 cm³/mol. The van der Waals surface area contributed by atoms with Crippen LogP contribution in [0.1, 0.15) is 40.4 Å². The number of rotatable bonds is 2. The third-order valence-corrected chi connectivity index (χ3v) is 5.52. The zero-order valence-corrected chi connectivity index (χ0v) is 15.8. The van der Waals surface area contributed by atoms with E-state index in [1.165, 1.54) is 11.3 Å². The van der Waals surface area contributed by atoms with E-state index >= 15 is 0 Å². The number of carbonyl (C=O) groups is 2. The van der Waals surface area contributed by atoms with Gasteiger partial charge in [-0.3, -0.25) is 14.6 Å². The van der Waals surface area contributed by atoms with Crippen LogP contribution in [0, 0.1) is 0 Å². The minimum atomic E-state index is -0.139. The Labute approximate surface area is 159 Å². The van der Waals surface area contributed by atoms with Crippen LogP contribution >= 0.6 is 0 Å². The van der Waals surface area contributed by atoms with Crippen molar-refractivity contribution in [2.45, 2.75) is 32.7 Å². The Hall–Kier alpha value is -2.89. The average molecular weight is 364 g/mol. The van der Waals surface area contributed by atoms with Gasteiger partial charge in [0.1, 0.15) is 0 Å². The Kier molecular flexibility index (Phi) is 4.56. The zero-order chi connectivity index (χ0) is 19.0. The summed E-state index contributed by atoms with van der Waals surface area (Å²) in [4.78, 5) is 32.8. The van der Waals surface area contributed by atoms with Crippen LogP contribution in [0.25, 0.3) is 0 Å². The topological polar surface area (TPSA) is 65.5 Å². The Balaban J connectivity index is 1.56. The molecule has 2 aliphatic rings. The quantitative estimate of drug-likeness (QED) is 0.890. The first-order valence-electron chi connectivity index (χ1n) is 9.39. The van der Waals surface area contributed by atoms with Gasteiger partial charge in [-0.25, -0.2) is 0 Å². The summed E-state index contributed by atoms with van der Waals surface area (Å²) in [5.41, 5.74) is 5.88. The first-order chi connectivity index (χ1) is 13.0. The van der Waals surface area contributed by atoms with Crippen molar-refractivity contribution in [2.24, 2.45) is 0 Å². The van der Waals surface area contributed by atoms with Crippen LogP contribution in [-0.4, -0.2) is 41.8 Å². The molecule has 0 atom stereocenters. The summed E-state index contributed by atoms with van der Waals surface area (Å²) in [6.45, 7) is 3.79. The molecule has 27 heavy (non-hydrogen) atoms. The highest BCUT2D eigenvalue weighted by molar-refractivity contribution is 6.05. The van der Waals surface area contributed by atoms with E-state index in [0.29, 0.717) is 25.1 Å². The van der Waals surface area contributed by atoms with Gasteiger partial charge in [-0.1, -0.05) is 0 Å². The van der Waals surface area contributed by atoms with Crippen LogP contribution in [-0.2, 0) is 24.2 Å². The fraction of sp³-hybridized carbons (Fsp3) is 0.381. The van der Waals surface area contributed by atoms with E-state index < -0.39 is 0 Å². The molecular formula is C21H24N4O2. The fourth-order valence-corrected chi connectivity index (χ4v) is 4.02. The van der Waals surface area contributed by atoms with Gasteiger partial charge >= 0.3 is 0 Å². The lowest BCUT2D eigenvalue weighted by atomic mass is 9.96. The molecule has 6 heteroatoms. The van der Waals surface area contributed by atoms with Crippen molar-refractivity contribution in [3.63, 3.8) is 0 Å². The molecule has 0 radical (unpaired) electrons. The van der Waals surface area contributed by atoms with Crippen molar-refractivity contribution >= 4 is 23.2 Å². The smallest absolute Gasteiger partial charge is 0.257 e. The number of nitrogens with zero attached hydrogens (tertiary/aromatic N) is 3. The number of nitrogens with one attached hydrogen (secondary N) is 1. The van der Waals surface area contributed by atoms with E-state index in [1.807, 2.05) is 6.07 Å². The van der Waals surface area contributed by atoms with Crippen molar-refractivity contribution in [1.29, 1.82) is 0 Å². The second-order valence-electron chi connectivity index (χ2n) is 7.34. The summed E-state index contributed by atoms with van der Waals surface area (Å²) < 4.78 is 0. The van der Waals surface area contributed by atoms with Gasteiger partial charge in [0.25, 0.3) is 5.91 Å². The Morgan fingerprint density at radius 1 is 1.11 bits per heavy atom. The number of amides is 2. The highest BCUT2D eigenvalue weighted by Crippen LogP contribution is 2.29. The third-order valence-electron chi connectivity index (χ3n) is 5.52. The zero-order valence-electron chi connectivity index (χ0n) is 15.8. The van der Waals surface area contributed by atoms with Gasteiger partial charge in [0, 0.05) is 57.4 Å². The molecule has 3 heterocycles. The van der Waals surface area contributed by atoms with E-state index in [2.05, 4.69) is 34.4 Å².